The summed E-state index contributed by atoms with van der Waals surface area (Å²) in [5.74, 6) is -0.918. The van der Waals surface area contributed by atoms with Crippen LogP contribution in [0.1, 0.15) is 29.8 Å². The number of aliphatic hydroxyl groups excluding tert-OH is 2. The molecule has 1 saturated heterocycles. The summed E-state index contributed by atoms with van der Waals surface area (Å²) >= 11 is 12.2. The van der Waals surface area contributed by atoms with Crippen LogP contribution in [0.25, 0.3) is 0 Å². The van der Waals surface area contributed by atoms with Crippen molar-refractivity contribution in [3.05, 3.63) is 69.7 Å². The second kappa shape index (κ2) is 9.59. The molecule has 0 aromatic heterocycles. The van der Waals surface area contributed by atoms with Crippen molar-refractivity contribution in [1.82, 2.24) is 9.80 Å². The summed E-state index contributed by atoms with van der Waals surface area (Å²) in [4.78, 5) is 28.5. The van der Waals surface area contributed by atoms with Gasteiger partial charge in [-0.25, -0.2) is 0 Å². The van der Waals surface area contributed by atoms with Gasteiger partial charge in [0.25, 0.3) is 11.8 Å². The summed E-state index contributed by atoms with van der Waals surface area (Å²) in [6.07, 6.45) is -2.19. The fourth-order valence-corrected chi connectivity index (χ4v) is 3.84. The maximum atomic E-state index is 12.7. The minimum absolute atomic E-state index is 0.251. The molecule has 0 bridgehead atoms. The Hall–Kier alpha value is -2.12. The number of rotatable bonds is 4. The zero-order chi connectivity index (χ0) is 21.0. The Morgan fingerprint density at radius 1 is 0.724 bits per heavy atom. The Morgan fingerprint density at radius 3 is 1.48 bits per heavy atom. The Bertz CT molecular complexity index is 821. The zero-order valence-electron chi connectivity index (χ0n) is 15.7. The monoisotopic (exact) mass is 436 g/mol. The number of carbonyl (C=O) groups is 2. The van der Waals surface area contributed by atoms with Crippen LogP contribution in [-0.4, -0.2) is 58.0 Å². The first-order valence-electron chi connectivity index (χ1n) is 9.32. The van der Waals surface area contributed by atoms with Crippen molar-refractivity contribution in [2.24, 2.45) is 0 Å². The molecule has 1 fully saturated rings. The standard InChI is InChI=1S/C21H22Cl2N2O4/c22-16-8-3-1-6-14(16)18(26)20(28)24-10-5-11-25(13-12-24)21(29)19(27)15-7-2-4-9-17(15)23/h1-4,6-9,18-19,26-27H,5,10-13H2/t18-,19-/m1/s1. The fourth-order valence-electron chi connectivity index (χ4n) is 3.36. The molecule has 2 N–H and O–H groups in total. The molecule has 8 heteroatoms. The maximum absolute atomic E-state index is 12.7. The second-order valence-electron chi connectivity index (χ2n) is 6.85. The van der Waals surface area contributed by atoms with Crippen LogP contribution in [0.15, 0.2) is 48.5 Å². The van der Waals surface area contributed by atoms with Gasteiger partial charge in [-0.05, 0) is 18.6 Å². The normalized spacial score (nSPS) is 16.8. The highest BCUT2D eigenvalue weighted by Crippen LogP contribution is 2.26. The highest BCUT2D eigenvalue weighted by Gasteiger charge is 2.30. The predicted octanol–water partition coefficient (Wildman–Crippen LogP) is 2.82. The molecule has 3 rings (SSSR count). The molecule has 1 heterocycles. The third kappa shape index (κ3) is 4.90. The SMILES string of the molecule is O=C([C@H](O)c1ccccc1Cl)N1CCCN(C(=O)[C@H](O)c2ccccc2Cl)CC1. The molecule has 1 aliphatic rings. The molecule has 0 radical (unpaired) electrons. The van der Waals surface area contributed by atoms with Gasteiger partial charge in [0.05, 0.1) is 0 Å². The van der Waals surface area contributed by atoms with Gasteiger partial charge in [0, 0.05) is 47.4 Å². The molecule has 2 aromatic carbocycles. The lowest BCUT2D eigenvalue weighted by Crippen LogP contribution is -2.40. The quantitative estimate of drug-likeness (QED) is 0.771. The van der Waals surface area contributed by atoms with Crippen LogP contribution in [-0.2, 0) is 9.59 Å². The van der Waals surface area contributed by atoms with E-state index in [1.807, 2.05) is 0 Å². The minimum atomic E-state index is -1.36. The molecule has 154 valence electrons. The van der Waals surface area contributed by atoms with Crippen molar-refractivity contribution in [3.8, 4) is 0 Å². The van der Waals surface area contributed by atoms with Gasteiger partial charge >= 0.3 is 0 Å². The first-order valence-corrected chi connectivity index (χ1v) is 10.1. The average molecular weight is 437 g/mol. The summed E-state index contributed by atoms with van der Waals surface area (Å²) in [5, 5.41) is 21.5. The summed E-state index contributed by atoms with van der Waals surface area (Å²) in [6.45, 7) is 1.29. The van der Waals surface area contributed by atoms with Gasteiger partial charge in [-0.2, -0.15) is 0 Å². The molecule has 0 aliphatic carbocycles. The number of halogens is 2. The van der Waals surface area contributed by atoms with Gasteiger partial charge in [0.1, 0.15) is 0 Å². The third-order valence-corrected chi connectivity index (χ3v) is 5.68. The van der Waals surface area contributed by atoms with Gasteiger partial charge < -0.3 is 20.0 Å². The second-order valence-corrected chi connectivity index (χ2v) is 7.67. The van der Waals surface area contributed by atoms with Crippen LogP contribution < -0.4 is 0 Å². The number of amides is 2. The Morgan fingerprint density at radius 2 is 1.10 bits per heavy atom. The lowest BCUT2D eigenvalue weighted by Gasteiger charge is -2.26. The summed E-state index contributed by atoms with van der Waals surface area (Å²) < 4.78 is 0. The Balaban J connectivity index is 1.65. The number of nitrogens with zero attached hydrogens (tertiary/aromatic N) is 2. The first-order chi connectivity index (χ1) is 13.9. The number of benzene rings is 2. The topological polar surface area (TPSA) is 81.1 Å². The van der Waals surface area contributed by atoms with Crippen molar-refractivity contribution in [3.63, 3.8) is 0 Å². The molecule has 2 amide bonds. The summed E-state index contributed by atoms with van der Waals surface area (Å²) in [6, 6.07) is 13.3. The molecule has 2 atom stereocenters. The molecular weight excluding hydrogens is 415 g/mol. The van der Waals surface area contributed by atoms with Crippen LogP contribution in [0, 0.1) is 0 Å². The molecule has 1 aliphatic heterocycles. The van der Waals surface area contributed by atoms with E-state index in [4.69, 9.17) is 23.2 Å². The highest BCUT2D eigenvalue weighted by molar-refractivity contribution is 6.32. The summed E-state index contributed by atoms with van der Waals surface area (Å²) in [7, 11) is 0. The van der Waals surface area contributed by atoms with E-state index in [9.17, 15) is 19.8 Å². The van der Waals surface area contributed by atoms with Crippen molar-refractivity contribution < 1.29 is 19.8 Å². The lowest BCUT2D eigenvalue weighted by molar-refractivity contribution is -0.142. The van der Waals surface area contributed by atoms with Crippen LogP contribution in [0.3, 0.4) is 0 Å². The minimum Gasteiger partial charge on any atom is -0.378 e. The fraction of sp³-hybridized carbons (Fsp3) is 0.333. The van der Waals surface area contributed by atoms with Crippen LogP contribution in [0.5, 0.6) is 0 Å². The van der Waals surface area contributed by atoms with Crippen molar-refractivity contribution in [2.75, 3.05) is 26.2 Å². The van der Waals surface area contributed by atoms with E-state index >= 15 is 0 Å². The number of carbonyl (C=O) groups excluding carboxylic acids is 2. The molecule has 29 heavy (non-hydrogen) atoms. The molecule has 6 nitrogen and oxygen atoms in total. The average Bonchev–Trinajstić information content (AvgIpc) is 2.98. The van der Waals surface area contributed by atoms with E-state index in [-0.39, 0.29) is 13.1 Å². The largest absolute Gasteiger partial charge is 0.378 e. The van der Waals surface area contributed by atoms with Gasteiger partial charge in [0.15, 0.2) is 12.2 Å². The molecule has 2 aromatic rings. The van der Waals surface area contributed by atoms with Gasteiger partial charge in [-0.1, -0.05) is 59.6 Å². The van der Waals surface area contributed by atoms with Crippen LogP contribution >= 0.6 is 23.2 Å². The van der Waals surface area contributed by atoms with Gasteiger partial charge in [-0.3, -0.25) is 9.59 Å². The van der Waals surface area contributed by atoms with Crippen molar-refractivity contribution in [1.29, 1.82) is 0 Å². The van der Waals surface area contributed by atoms with Gasteiger partial charge in [-0.15, -0.1) is 0 Å². The predicted molar refractivity (Wildman–Crippen MR) is 111 cm³/mol. The van der Waals surface area contributed by atoms with E-state index in [0.717, 1.165) is 0 Å². The molecule has 0 spiro atoms. The summed E-state index contributed by atoms with van der Waals surface area (Å²) in [5.41, 5.74) is 0.705. The highest BCUT2D eigenvalue weighted by atomic mass is 35.5. The van der Waals surface area contributed by atoms with E-state index in [1.165, 1.54) is 9.80 Å². The van der Waals surface area contributed by atoms with Crippen LogP contribution in [0.2, 0.25) is 10.0 Å². The van der Waals surface area contributed by atoms with E-state index < -0.39 is 24.0 Å². The third-order valence-electron chi connectivity index (χ3n) is 4.99. The Kier molecular flexibility index (Phi) is 7.14. The number of aliphatic hydroxyl groups is 2. The molecular formula is C21H22Cl2N2O4. The maximum Gasteiger partial charge on any atom is 0.256 e. The lowest BCUT2D eigenvalue weighted by atomic mass is 10.1. The number of hydrogen-bond acceptors (Lipinski definition) is 4. The smallest absolute Gasteiger partial charge is 0.256 e. The molecule has 0 unspecified atom stereocenters. The van der Waals surface area contributed by atoms with E-state index in [1.54, 1.807) is 48.5 Å². The first kappa shape index (κ1) is 21.6. The van der Waals surface area contributed by atoms with Crippen molar-refractivity contribution >= 4 is 35.0 Å². The number of hydrogen-bond donors (Lipinski definition) is 2. The zero-order valence-corrected chi connectivity index (χ0v) is 17.2. The van der Waals surface area contributed by atoms with Gasteiger partial charge in [0.2, 0.25) is 0 Å². The van der Waals surface area contributed by atoms with E-state index in [0.29, 0.717) is 40.7 Å². The Labute approximate surface area is 179 Å². The van der Waals surface area contributed by atoms with E-state index in [2.05, 4.69) is 0 Å². The van der Waals surface area contributed by atoms with Crippen LogP contribution in [0.4, 0.5) is 0 Å². The molecule has 0 saturated carbocycles. The van der Waals surface area contributed by atoms with Crippen molar-refractivity contribution in [2.45, 2.75) is 18.6 Å².